The van der Waals surface area contributed by atoms with Crippen LogP contribution in [0.15, 0.2) is 27.1 Å². The van der Waals surface area contributed by atoms with Gasteiger partial charge in [0.1, 0.15) is 0 Å². The summed E-state index contributed by atoms with van der Waals surface area (Å²) in [6.07, 6.45) is 0.977. The Morgan fingerprint density at radius 1 is 1.16 bits per heavy atom. The van der Waals surface area contributed by atoms with E-state index in [1.54, 1.807) is 0 Å². The molecule has 1 aliphatic heterocycles. The molecule has 0 aliphatic carbocycles. The molecule has 1 saturated heterocycles. The Morgan fingerprint density at radius 2 is 1.68 bits per heavy atom. The highest BCUT2D eigenvalue weighted by molar-refractivity contribution is 9.11. The highest BCUT2D eigenvalue weighted by Gasteiger charge is 2.48. The van der Waals surface area contributed by atoms with E-state index in [9.17, 15) is 0 Å². The molecule has 2 rings (SSSR count). The van der Waals surface area contributed by atoms with Gasteiger partial charge in [0, 0.05) is 20.9 Å². The molecule has 0 aromatic heterocycles. The monoisotopic (exact) mass is 389 g/mol. The van der Waals surface area contributed by atoms with Crippen LogP contribution < -0.4 is 5.73 Å². The fourth-order valence-corrected chi connectivity index (χ4v) is 4.49. The molecule has 0 spiro atoms. The molecule has 0 radical (unpaired) electrons. The Kier molecular flexibility index (Phi) is 4.19. The van der Waals surface area contributed by atoms with Crippen molar-refractivity contribution in [3.63, 3.8) is 0 Å². The molecule has 1 fully saturated rings. The first-order valence-electron chi connectivity index (χ1n) is 6.52. The van der Waals surface area contributed by atoms with Crippen molar-refractivity contribution >= 4 is 31.9 Å². The lowest BCUT2D eigenvalue weighted by molar-refractivity contribution is -0.0767. The van der Waals surface area contributed by atoms with Crippen LogP contribution >= 0.6 is 31.9 Å². The molecule has 4 heteroatoms. The van der Waals surface area contributed by atoms with Crippen LogP contribution in [0, 0.1) is 5.92 Å². The minimum atomic E-state index is -0.197. The van der Waals surface area contributed by atoms with E-state index in [4.69, 9.17) is 10.5 Å². The third-order valence-corrected chi connectivity index (χ3v) is 4.76. The van der Waals surface area contributed by atoms with Gasteiger partial charge in [0.05, 0.1) is 11.2 Å². The SMILES string of the molecule is CC1(C)CC(C(N)c2cc(Br)cc(Br)c2)C(C)(C)O1. The normalized spacial score (nSPS) is 26.4. The van der Waals surface area contributed by atoms with Crippen molar-refractivity contribution in [1.82, 2.24) is 0 Å². The lowest BCUT2D eigenvalue weighted by atomic mass is 9.79. The molecule has 19 heavy (non-hydrogen) atoms. The zero-order valence-electron chi connectivity index (χ0n) is 11.8. The average Bonchev–Trinajstić information content (AvgIpc) is 2.44. The first-order chi connectivity index (χ1) is 8.61. The molecule has 2 unspecified atom stereocenters. The first kappa shape index (κ1) is 15.5. The molecule has 0 saturated carbocycles. The second-order valence-corrected chi connectivity index (χ2v) is 8.34. The second kappa shape index (κ2) is 5.14. The van der Waals surface area contributed by atoms with Crippen molar-refractivity contribution in [3.8, 4) is 0 Å². The smallest absolute Gasteiger partial charge is 0.0680 e. The summed E-state index contributed by atoms with van der Waals surface area (Å²) >= 11 is 7.05. The molecule has 1 aromatic rings. The van der Waals surface area contributed by atoms with Crippen LogP contribution in [0.4, 0.5) is 0 Å². The number of nitrogens with two attached hydrogens (primary N) is 1. The Balaban J connectivity index is 2.31. The minimum Gasteiger partial charge on any atom is -0.369 e. The maximum Gasteiger partial charge on any atom is 0.0680 e. The summed E-state index contributed by atoms with van der Waals surface area (Å²) in [5.74, 6) is 0.309. The summed E-state index contributed by atoms with van der Waals surface area (Å²) in [5.41, 5.74) is 7.35. The van der Waals surface area contributed by atoms with Crippen molar-refractivity contribution in [3.05, 3.63) is 32.7 Å². The van der Waals surface area contributed by atoms with Crippen molar-refractivity contribution in [2.45, 2.75) is 51.4 Å². The van der Waals surface area contributed by atoms with Crippen LogP contribution in [-0.2, 0) is 4.74 Å². The summed E-state index contributed by atoms with van der Waals surface area (Å²) < 4.78 is 8.24. The summed E-state index contributed by atoms with van der Waals surface area (Å²) in [7, 11) is 0. The Hall–Kier alpha value is 0.1000. The quantitative estimate of drug-likeness (QED) is 0.786. The topological polar surface area (TPSA) is 35.2 Å². The number of halogens is 2. The molecule has 1 aliphatic rings. The van der Waals surface area contributed by atoms with E-state index in [1.807, 2.05) is 6.07 Å². The van der Waals surface area contributed by atoms with Gasteiger partial charge in [-0.3, -0.25) is 0 Å². The van der Waals surface area contributed by atoms with Crippen LogP contribution in [0.2, 0.25) is 0 Å². The van der Waals surface area contributed by atoms with Gasteiger partial charge in [-0.05, 0) is 57.9 Å². The summed E-state index contributed by atoms with van der Waals surface area (Å²) in [5, 5.41) is 0. The number of ether oxygens (including phenoxy) is 1. The van der Waals surface area contributed by atoms with Gasteiger partial charge in [-0.1, -0.05) is 31.9 Å². The maximum atomic E-state index is 6.51. The van der Waals surface area contributed by atoms with Crippen molar-refractivity contribution < 1.29 is 4.74 Å². The lowest BCUT2D eigenvalue weighted by Gasteiger charge is -2.31. The van der Waals surface area contributed by atoms with Crippen LogP contribution in [0.1, 0.15) is 45.7 Å². The van der Waals surface area contributed by atoms with Gasteiger partial charge < -0.3 is 10.5 Å². The van der Waals surface area contributed by atoms with E-state index in [2.05, 4.69) is 71.7 Å². The van der Waals surface area contributed by atoms with Crippen molar-refractivity contribution in [1.29, 1.82) is 0 Å². The van der Waals surface area contributed by atoms with Crippen LogP contribution in [0.25, 0.3) is 0 Å². The largest absolute Gasteiger partial charge is 0.369 e. The summed E-state index contributed by atoms with van der Waals surface area (Å²) in [6.45, 7) is 8.55. The molecule has 2 atom stereocenters. The maximum absolute atomic E-state index is 6.51. The lowest BCUT2D eigenvalue weighted by Crippen LogP contribution is -2.35. The van der Waals surface area contributed by atoms with Crippen molar-refractivity contribution in [2.24, 2.45) is 11.7 Å². The van der Waals surface area contributed by atoms with E-state index in [-0.39, 0.29) is 17.2 Å². The van der Waals surface area contributed by atoms with Gasteiger partial charge in [0.25, 0.3) is 0 Å². The number of benzene rings is 1. The molecule has 106 valence electrons. The molecule has 0 amide bonds. The predicted molar refractivity (Wildman–Crippen MR) is 86.1 cm³/mol. The summed E-state index contributed by atoms with van der Waals surface area (Å²) in [4.78, 5) is 0. The van der Waals surface area contributed by atoms with Crippen LogP contribution in [0.3, 0.4) is 0 Å². The van der Waals surface area contributed by atoms with E-state index < -0.39 is 0 Å². The molecule has 1 heterocycles. The second-order valence-electron chi connectivity index (χ2n) is 6.50. The standard InChI is InChI=1S/C15H21Br2NO/c1-14(2)8-12(15(3,4)19-14)13(18)9-5-10(16)7-11(17)6-9/h5-7,12-13H,8,18H2,1-4H3. The Bertz CT molecular complexity index is 465. The zero-order valence-corrected chi connectivity index (χ0v) is 15.0. The molecule has 1 aromatic carbocycles. The van der Waals surface area contributed by atoms with Gasteiger partial charge in [-0.25, -0.2) is 0 Å². The van der Waals surface area contributed by atoms with E-state index in [1.165, 1.54) is 0 Å². The molecule has 2 nitrogen and oxygen atoms in total. The molecule has 2 N–H and O–H groups in total. The van der Waals surface area contributed by atoms with Gasteiger partial charge in [-0.15, -0.1) is 0 Å². The fraction of sp³-hybridized carbons (Fsp3) is 0.600. The van der Waals surface area contributed by atoms with Gasteiger partial charge >= 0.3 is 0 Å². The number of rotatable bonds is 2. The highest BCUT2D eigenvalue weighted by atomic mass is 79.9. The van der Waals surface area contributed by atoms with E-state index in [0.29, 0.717) is 5.92 Å². The summed E-state index contributed by atoms with van der Waals surface area (Å²) in [6, 6.07) is 6.19. The van der Waals surface area contributed by atoms with Crippen molar-refractivity contribution in [2.75, 3.05) is 0 Å². The zero-order chi connectivity index (χ0) is 14.4. The first-order valence-corrected chi connectivity index (χ1v) is 8.11. The third kappa shape index (κ3) is 3.41. The molecule has 0 bridgehead atoms. The minimum absolute atomic E-state index is 0.0226. The number of hydrogen-bond acceptors (Lipinski definition) is 2. The van der Waals surface area contributed by atoms with Crippen LogP contribution in [0.5, 0.6) is 0 Å². The Labute approximate surface area is 132 Å². The Morgan fingerprint density at radius 3 is 2.11 bits per heavy atom. The average molecular weight is 391 g/mol. The molecular formula is C15H21Br2NO. The van der Waals surface area contributed by atoms with Gasteiger partial charge in [0.15, 0.2) is 0 Å². The van der Waals surface area contributed by atoms with E-state index in [0.717, 1.165) is 20.9 Å². The number of hydrogen-bond donors (Lipinski definition) is 1. The molecular weight excluding hydrogens is 370 g/mol. The van der Waals surface area contributed by atoms with Gasteiger partial charge in [0.2, 0.25) is 0 Å². The predicted octanol–water partition coefficient (Wildman–Crippen LogP) is 4.81. The fourth-order valence-electron chi connectivity index (χ4n) is 3.16. The van der Waals surface area contributed by atoms with Gasteiger partial charge in [-0.2, -0.15) is 0 Å². The third-order valence-electron chi connectivity index (χ3n) is 3.85. The highest BCUT2D eigenvalue weighted by Crippen LogP contribution is 2.47. The van der Waals surface area contributed by atoms with Crippen LogP contribution in [-0.4, -0.2) is 11.2 Å². The van der Waals surface area contributed by atoms with E-state index >= 15 is 0 Å².